The van der Waals surface area contributed by atoms with Gasteiger partial charge in [-0.25, -0.2) is 0 Å². The number of nitrogens with zero attached hydrogens (tertiary/aromatic N) is 1. The summed E-state index contributed by atoms with van der Waals surface area (Å²) in [5.41, 5.74) is -0.507. The van der Waals surface area contributed by atoms with E-state index in [2.05, 4.69) is 21.2 Å². The van der Waals surface area contributed by atoms with E-state index in [9.17, 15) is 19.3 Å². The molecule has 2 aromatic rings. The topological polar surface area (TPSA) is 72.2 Å². The monoisotopic (exact) mass is 344 g/mol. The Kier molecular flexibility index (Phi) is 3.91. The number of nitro benzene ring substituents is 1. The van der Waals surface area contributed by atoms with Gasteiger partial charge in [-0.1, -0.05) is 0 Å². The van der Waals surface area contributed by atoms with Gasteiger partial charge in [0, 0.05) is 11.8 Å². The van der Waals surface area contributed by atoms with Gasteiger partial charge in [-0.2, -0.15) is 4.39 Å². The third kappa shape index (κ3) is 3.15. The SMILES string of the molecule is O=C(Nc1ccc(F)c([N+](=O)[O-])c1)c1ccc(Br)s1. The van der Waals surface area contributed by atoms with Gasteiger partial charge in [-0.15, -0.1) is 11.3 Å². The highest BCUT2D eigenvalue weighted by atomic mass is 79.9. The van der Waals surface area contributed by atoms with Crippen molar-refractivity contribution in [3.8, 4) is 0 Å². The highest BCUT2D eigenvalue weighted by molar-refractivity contribution is 9.11. The molecule has 1 aromatic heterocycles. The zero-order valence-electron chi connectivity index (χ0n) is 9.22. The first-order valence-corrected chi connectivity index (χ1v) is 6.59. The van der Waals surface area contributed by atoms with E-state index in [0.29, 0.717) is 4.88 Å². The fraction of sp³-hybridized carbons (Fsp3) is 0. The fourth-order valence-electron chi connectivity index (χ4n) is 1.36. The van der Waals surface area contributed by atoms with Crippen molar-refractivity contribution in [2.24, 2.45) is 0 Å². The number of hydrogen-bond donors (Lipinski definition) is 1. The van der Waals surface area contributed by atoms with Crippen LogP contribution in [0.3, 0.4) is 0 Å². The first-order valence-electron chi connectivity index (χ1n) is 4.98. The largest absolute Gasteiger partial charge is 0.321 e. The Hall–Kier alpha value is -1.80. The Bertz CT molecular complexity index is 659. The molecule has 0 aliphatic heterocycles. The van der Waals surface area contributed by atoms with Crippen LogP contribution in [0.5, 0.6) is 0 Å². The zero-order chi connectivity index (χ0) is 14.0. The van der Waals surface area contributed by atoms with Crippen molar-refractivity contribution >= 4 is 44.5 Å². The molecule has 0 aliphatic carbocycles. The van der Waals surface area contributed by atoms with Gasteiger partial charge in [0.15, 0.2) is 0 Å². The molecule has 1 amide bonds. The van der Waals surface area contributed by atoms with E-state index in [1.165, 1.54) is 17.4 Å². The maximum absolute atomic E-state index is 13.1. The van der Waals surface area contributed by atoms with Gasteiger partial charge in [0.05, 0.1) is 13.6 Å². The molecule has 1 aromatic carbocycles. The molecule has 0 atom stereocenters. The Morgan fingerprint density at radius 3 is 2.68 bits per heavy atom. The van der Waals surface area contributed by atoms with Crippen LogP contribution in [0.25, 0.3) is 0 Å². The second-order valence-electron chi connectivity index (χ2n) is 3.48. The molecule has 1 heterocycles. The van der Waals surface area contributed by atoms with Crippen molar-refractivity contribution in [3.63, 3.8) is 0 Å². The maximum Gasteiger partial charge on any atom is 0.306 e. The molecular formula is C11H6BrFN2O3S. The second-order valence-corrected chi connectivity index (χ2v) is 5.94. The van der Waals surface area contributed by atoms with Crippen molar-refractivity contribution in [2.75, 3.05) is 5.32 Å². The van der Waals surface area contributed by atoms with Crippen LogP contribution in [0, 0.1) is 15.9 Å². The smallest absolute Gasteiger partial charge is 0.306 e. The van der Waals surface area contributed by atoms with Gasteiger partial charge in [-0.05, 0) is 40.2 Å². The lowest BCUT2D eigenvalue weighted by Crippen LogP contribution is -2.10. The molecule has 5 nitrogen and oxygen atoms in total. The lowest BCUT2D eigenvalue weighted by molar-refractivity contribution is -0.387. The minimum Gasteiger partial charge on any atom is -0.321 e. The molecule has 0 spiro atoms. The average molecular weight is 345 g/mol. The van der Waals surface area contributed by atoms with Gasteiger partial charge in [0.1, 0.15) is 0 Å². The number of carbonyl (C=O) groups is 1. The van der Waals surface area contributed by atoms with Crippen LogP contribution in [0.1, 0.15) is 9.67 Å². The van der Waals surface area contributed by atoms with E-state index < -0.39 is 22.3 Å². The first-order chi connectivity index (χ1) is 8.97. The van der Waals surface area contributed by atoms with E-state index in [4.69, 9.17) is 0 Å². The number of hydrogen-bond acceptors (Lipinski definition) is 4. The van der Waals surface area contributed by atoms with Gasteiger partial charge >= 0.3 is 5.69 Å². The number of halogens is 2. The van der Waals surface area contributed by atoms with Crippen LogP contribution < -0.4 is 5.32 Å². The fourth-order valence-corrected chi connectivity index (χ4v) is 2.64. The maximum atomic E-state index is 13.1. The summed E-state index contributed by atoms with van der Waals surface area (Å²) in [6, 6.07) is 6.52. The summed E-state index contributed by atoms with van der Waals surface area (Å²) in [5, 5.41) is 13.1. The molecule has 0 saturated carbocycles. The summed E-state index contributed by atoms with van der Waals surface area (Å²) >= 11 is 4.45. The van der Waals surface area contributed by atoms with Crippen LogP contribution in [0.2, 0.25) is 0 Å². The molecule has 1 N–H and O–H groups in total. The van der Waals surface area contributed by atoms with Crippen LogP contribution in [-0.4, -0.2) is 10.8 Å². The second kappa shape index (κ2) is 5.45. The highest BCUT2D eigenvalue weighted by Gasteiger charge is 2.16. The van der Waals surface area contributed by atoms with Gasteiger partial charge in [-0.3, -0.25) is 14.9 Å². The summed E-state index contributed by atoms with van der Waals surface area (Å²) in [5.74, 6) is -1.35. The average Bonchev–Trinajstić information content (AvgIpc) is 2.78. The lowest BCUT2D eigenvalue weighted by atomic mass is 10.2. The zero-order valence-corrected chi connectivity index (χ0v) is 11.6. The molecule has 0 fully saturated rings. The molecule has 0 bridgehead atoms. The first kappa shape index (κ1) is 13.6. The number of rotatable bonds is 3. The number of thiophene rings is 1. The summed E-state index contributed by atoms with van der Waals surface area (Å²) in [4.78, 5) is 22.0. The van der Waals surface area contributed by atoms with Crippen molar-refractivity contribution in [1.82, 2.24) is 0 Å². The summed E-state index contributed by atoms with van der Waals surface area (Å²) in [6.45, 7) is 0. The lowest BCUT2D eigenvalue weighted by Gasteiger charge is -2.03. The molecule has 2 rings (SSSR count). The quantitative estimate of drug-likeness (QED) is 0.679. The predicted octanol–water partition coefficient (Wildman–Crippen LogP) is 3.81. The normalized spacial score (nSPS) is 10.2. The van der Waals surface area contributed by atoms with E-state index in [1.807, 2.05) is 0 Å². The number of amides is 1. The van der Waals surface area contributed by atoms with Crippen LogP contribution in [0.4, 0.5) is 15.8 Å². The predicted molar refractivity (Wildman–Crippen MR) is 73.0 cm³/mol. The molecule has 0 unspecified atom stereocenters. The standard InChI is InChI=1S/C11H6BrFN2O3S/c12-10-4-3-9(19-10)11(16)14-6-1-2-7(13)8(5-6)15(17)18/h1-5H,(H,14,16). The van der Waals surface area contributed by atoms with Crippen LogP contribution in [-0.2, 0) is 0 Å². The molecule has 8 heteroatoms. The number of carbonyl (C=O) groups excluding carboxylic acids is 1. The van der Waals surface area contributed by atoms with Crippen molar-refractivity contribution < 1.29 is 14.1 Å². The van der Waals surface area contributed by atoms with Gasteiger partial charge in [0.2, 0.25) is 5.82 Å². The van der Waals surface area contributed by atoms with E-state index in [1.54, 1.807) is 12.1 Å². The Balaban J connectivity index is 2.22. The van der Waals surface area contributed by atoms with Gasteiger partial charge in [0.25, 0.3) is 5.91 Å². The Morgan fingerprint density at radius 2 is 2.11 bits per heavy atom. The van der Waals surface area contributed by atoms with Crippen molar-refractivity contribution in [1.29, 1.82) is 0 Å². The molecule has 0 radical (unpaired) electrons. The summed E-state index contributed by atoms with van der Waals surface area (Å²) < 4.78 is 13.9. The summed E-state index contributed by atoms with van der Waals surface area (Å²) in [7, 11) is 0. The third-order valence-corrected chi connectivity index (χ3v) is 3.82. The van der Waals surface area contributed by atoms with Crippen LogP contribution in [0.15, 0.2) is 34.1 Å². The minimum absolute atomic E-state index is 0.169. The van der Waals surface area contributed by atoms with Crippen molar-refractivity contribution in [3.05, 3.63) is 54.9 Å². The molecule has 19 heavy (non-hydrogen) atoms. The molecule has 0 aliphatic rings. The highest BCUT2D eigenvalue weighted by Crippen LogP contribution is 2.25. The number of nitrogens with one attached hydrogen (secondary N) is 1. The van der Waals surface area contributed by atoms with Crippen LogP contribution >= 0.6 is 27.3 Å². The Labute approximate surface area is 119 Å². The number of anilines is 1. The third-order valence-electron chi connectivity index (χ3n) is 2.20. The van der Waals surface area contributed by atoms with E-state index in [0.717, 1.165) is 15.9 Å². The molecule has 98 valence electrons. The minimum atomic E-state index is -0.943. The van der Waals surface area contributed by atoms with E-state index >= 15 is 0 Å². The number of benzene rings is 1. The Morgan fingerprint density at radius 1 is 1.37 bits per heavy atom. The number of nitro groups is 1. The van der Waals surface area contributed by atoms with Crippen molar-refractivity contribution in [2.45, 2.75) is 0 Å². The van der Waals surface area contributed by atoms with Gasteiger partial charge < -0.3 is 5.32 Å². The van der Waals surface area contributed by atoms with E-state index in [-0.39, 0.29) is 5.69 Å². The molecular weight excluding hydrogens is 339 g/mol. The molecule has 0 saturated heterocycles. The summed E-state index contributed by atoms with van der Waals surface area (Å²) in [6.07, 6.45) is 0.